The van der Waals surface area contributed by atoms with Crippen LogP contribution in [-0.2, 0) is 4.74 Å². The Kier molecular flexibility index (Phi) is 3.87. The first-order valence-corrected chi connectivity index (χ1v) is 6.22. The van der Waals surface area contributed by atoms with Gasteiger partial charge in [-0.05, 0) is 31.0 Å². The number of halogens is 1. The molecule has 1 atom stereocenters. The van der Waals surface area contributed by atoms with Gasteiger partial charge < -0.3 is 4.74 Å². The third-order valence-corrected chi connectivity index (χ3v) is 3.38. The summed E-state index contributed by atoms with van der Waals surface area (Å²) in [4.78, 5) is 11.4. The average Bonchev–Trinajstić information content (AvgIpc) is 2.37. The van der Waals surface area contributed by atoms with E-state index in [1.54, 1.807) is 12.1 Å². The van der Waals surface area contributed by atoms with E-state index in [0.29, 0.717) is 10.6 Å². The van der Waals surface area contributed by atoms with Crippen LogP contribution in [0.2, 0.25) is 5.02 Å². The molecule has 0 aliphatic heterocycles. The van der Waals surface area contributed by atoms with Crippen molar-refractivity contribution in [2.24, 2.45) is 0 Å². The summed E-state index contributed by atoms with van der Waals surface area (Å²) in [5, 5.41) is 0.613. The van der Waals surface area contributed by atoms with Gasteiger partial charge in [-0.2, -0.15) is 0 Å². The van der Waals surface area contributed by atoms with Crippen LogP contribution in [0.4, 0.5) is 0 Å². The van der Waals surface area contributed by atoms with E-state index < -0.39 is 0 Å². The first kappa shape index (κ1) is 12.9. The maximum atomic E-state index is 11.4. The highest BCUT2D eigenvalue weighted by atomic mass is 35.5. The highest BCUT2D eigenvalue weighted by molar-refractivity contribution is 6.31. The van der Waals surface area contributed by atoms with Crippen molar-refractivity contribution in [3.8, 4) is 0 Å². The molecule has 0 bridgehead atoms. The Morgan fingerprint density at radius 2 is 2.22 bits per heavy atom. The molecular formula is C15H15ClO2. The second kappa shape index (κ2) is 5.40. The van der Waals surface area contributed by atoms with Crippen LogP contribution in [0.1, 0.15) is 35.2 Å². The maximum Gasteiger partial charge on any atom is 0.337 e. The molecule has 0 saturated carbocycles. The Balaban J connectivity index is 2.31. The Hall–Kier alpha value is -1.54. The van der Waals surface area contributed by atoms with Gasteiger partial charge in [0, 0.05) is 10.9 Å². The standard InChI is InChI=1S/C15H15ClO2/c1-10-4-3-5-11(8-10)13-7-6-12(9-14(13)16)15(17)18-2/h3-4,6-9,11H,5H2,1-2H3. The monoisotopic (exact) mass is 262 g/mol. The number of benzene rings is 1. The van der Waals surface area contributed by atoms with Crippen molar-refractivity contribution in [1.82, 2.24) is 0 Å². The van der Waals surface area contributed by atoms with Crippen LogP contribution in [0.15, 0.2) is 42.0 Å². The van der Waals surface area contributed by atoms with E-state index in [-0.39, 0.29) is 11.9 Å². The second-order valence-corrected chi connectivity index (χ2v) is 4.79. The summed E-state index contributed by atoms with van der Waals surface area (Å²) in [6.45, 7) is 2.07. The first-order chi connectivity index (χ1) is 8.61. The molecule has 0 radical (unpaired) electrons. The summed E-state index contributed by atoms with van der Waals surface area (Å²) < 4.78 is 4.67. The van der Waals surface area contributed by atoms with E-state index >= 15 is 0 Å². The molecule has 1 unspecified atom stereocenters. The van der Waals surface area contributed by atoms with Gasteiger partial charge in [0.1, 0.15) is 0 Å². The molecule has 0 heterocycles. The molecule has 18 heavy (non-hydrogen) atoms. The fourth-order valence-corrected chi connectivity index (χ4v) is 2.45. The maximum absolute atomic E-state index is 11.4. The number of ether oxygens (including phenoxy) is 1. The van der Waals surface area contributed by atoms with Crippen LogP contribution in [0.5, 0.6) is 0 Å². The summed E-state index contributed by atoms with van der Waals surface area (Å²) in [7, 11) is 1.36. The van der Waals surface area contributed by atoms with Crippen molar-refractivity contribution in [1.29, 1.82) is 0 Å². The van der Waals surface area contributed by atoms with Crippen molar-refractivity contribution in [3.05, 3.63) is 58.1 Å². The number of allylic oxidation sites excluding steroid dienone is 4. The lowest BCUT2D eigenvalue weighted by Gasteiger charge is -2.17. The molecule has 1 aliphatic carbocycles. The van der Waals surface area contributed by atoms with E-state index in [9.17, 15) is 4.79 Å². The van der Waals surface area contributed by atoms with Gasteiger partial charge in [0.05, 0.1) is 12.7 Å². The number of methoxy groups -OCH3 is 1. The topological polar surface area (TPSA) is 26.3 Å². The number of carbonyl (C=O) groups excluding carboxylic acids is 1. The molecular weight excluding hydrogens is 248 g/mol. The quantitative estimate of drug-likeness (QED) is 0.750. The molecule has 1 aromatic carbocycles. The van der Waals surface area contributed by atoms with Gasteiger partial charge in [0.15, 0.2) is 0 Å². The summed E-state index contributed by atoms with van der Waals surface area (Å²) in [5.74, 6) is -0.0760. The lowest BCUT2D eigenvalue weighted by Crippen LogP contribution is -2.04. The second-order valence-electron chi connectivity index (χ2n) is 4.38. The number of carbonyl (C=O) groups is 1. The molecule has 3 heteroatoms. The van der Waals surface area contributed by atoms with Gasteiger partial charge in [-0.25, -0.2) is 4.79 Å². The zero-order valence-corrected chi connectivity index (χ0v) is 11.2. The van der Waals surface area contributed by atoms with Crippen molar-refractivity contribution in [2.75, 3.05) is 7.11 Å². The van der Waals surface area contributed by atoms with Crippen molar-refractivity contribution in [2.45, 2.75) is 19.3 Å². The van der Waals surface area contributed by atoms with Gasteiger partial charge >= 0.3 is 5.97 Å². The largest absolute Gasteiger partial charge is 0.465 e. The fraction of sp³-hybridized carbons (Fsp3) is 0.267. The molecule has 1 aromatic rings. The van der Waals surface area contributed by atoms with Gasteiger partial charge in [0.25, 0.3) is 0 Å². The van der Waals surface area contributed by atoms with E-state index in [0.717, 1.165) is 12.0 Å². The van der Waals surface area contributed by atoms with Crippen LogP contribution in [0.25, 0.3) is 0 Å². The van der Waals surface area contributed by atoms with Crippen LogP contribution in [0, 0.1) is 0 Å². The lowest BCUT2D eigenvalue weighted by molar-refractivity contribution is 0.0600. The normalized spacial score (nSPS) is 18.4. The van der Waals surface area contributed by atoms with Crippen molar-refractivity contribution in [3.63, 3.8) is 0 Å². The minimum absolute atomic E-state index is 0.286. The third kappa shape index (κ3) is 2.65. The smallest absolute Gasteiger partial charge is 0.337 e. The zero-order valence-electron chi connectivity index (χ0n) is 10.4. The lowest BCUT2D eigenvalue weighted by atomic mass is 9.89. The third-order valence-electron chi connectivity index (χ3n) is 3.06. The van der Waals surface area contributed by atoms with Crippen LogP contribution in [0.3, 0.4) is 0 Å². The van der Waals surface area contributed by atoms with Crippen molar-refractivity contribution < 1.29 is 9.53 Å². The fourth-order valence-electron chi connectivity index (χ4n) is 2.13. The van der Waals surface area contributed by atoms with E-state index in [4.69, 9.17) is 11.6 Å². The molecule has 0 N–H and O–H groups in total. The van der Waals surface area contributed by atoms with E-state index in [1.807, 2.05) is 6.07 Å². The SMILES string of the molecule is COC(=O)c1ccc(C2C=C(C)C=CC2)c(Cl)c1. The summed E-state index contributed by atoms with van der Waals surface area (Å²) in [5.41, 5.74) is 2.77. The average molecular weight is 263 g/mol. The summed E-state index contributed by atoms with van der Waals surface area (Å²) in [6.07, 6.45) is 7.38. The van der Waals surface area contributed by atoms with Gasteiger partial charge in [-0.15, -0.1) is 0 Å². The molecule has 2 rings (SSSR count). The predicted molar refractivity (Wildman–Crippen MR) is 73.0 cm³/mol. The Labute approximate surface area is 112 Å². The molecule has 0 fully saturated rings. The molecule has 0 spiro atoms. The molecule has 1 aliphatic rings. The predicted octanol–water partition coefficient (Wildman–Crippen LogP) is 4.12. The van der Waals surface area contributed by atoms with Gasteiger partial charge in [-0.3, -0.25) is 0 Å². The van der Waals surface area contributed by atoms with Gasteiger partial charge in [-0.1, -0.05) is 41.5 Å². The van der Waals surface area contributed by atoms with E-state index in [2.05, 4.69) is 29.9 Å². The molecule has 0 saturated heterocycles. The minimum Gasteiger partial charge on any atom is -0.465 e. The number of rotatable bonds is 2. The Morgan fingerprint density at radius 1 is 1.44 bits per heavy atom. The minimum atomic E-state index is -0.362. The van der Waals surface area contributed by atoms with Crippen molar-refractivity contribution >= 4 is 17.6 Å². The van der Waals surface area contributed by atoms with E-state index in [1.165, 1.54) is 12.7 Å². The molecule has 2 nitrogen and oxygen atoms in total. The van der Waals surface area contributed by atoms with Gasteiger partial charge in [0.2, 0.25) is 0 Å². The molecule has 94 valence electrons. The highest BCUT2D eigenvalue weighted by Gasteiger charge is 2.15. The summed E-state index contributed by atoms with van der Waals surface area (Å²) >= 11 is 6.25. The first-order valence-electron chi connectivity index (χ1n) is 5.84. The number of esters is 1. The molecule has 0 aromatic heterocycles. The zero-order chi connectivity index (χ0) is 13.1. The number of hydrogen-bond donors (Lipinski definition) is 0. The Bertz CT molecular complexity index is 529. The van der Waals surface area contributed by atoms with Crippen LogP contribution in [-0.4, -0.2) is 13.1 Å². The highest BCUT2D eigenvalue weighted by Crippen LogP contribution is 2.32. The van der Waals surface area contributed by atoms with Crippen LogP contribution >= 0.6 is 11.6 Å². The summed E-state index contributed by atoms with van der Waals surface area (Å²) in [6, 6.07) is 5.33. The number of hydrogen-bond acceptors (Lipinski definition) is 2. The van der Waals surface area contributed by atoms with Crippen LogP contribution < -0.4 is 0 Å². The Morgan fingerprint density at radius 3 is 2.83 bits per heavy atom. The molecule has 0 amide bonds.